The number of hydrogen-bond acceptors (Lipinski definition) is 5. The summed E-state index contributed by atoms with van der Waals surface area (Å²) < 4.78 is 5.05. The van der Waals surface area contributed by atoms with E-state index >= 15 is 0 Å². The first kappa shape index (κ1) is 15.4. The van der Waals surface area contributed by atoms with Gasteiger partial charge in [-0.1, -0.05) is 6.07 Å². The van der Waals surface area contributed by atoms with Crippen molar-refractivity contribution in [1.29, 1.82) is 0 Å². The number of carbonyl (C=O) groups excluding carboxylic acids is 1. The van der Waals surface area contributed by atoms with Crippen LogP contribution in [0.1, 0.15) is 16.1 Å². The second kappa shape index (κ2) is 6.70. The minimum absolute atomic E-state index is 0.0928. The van der Waals surface area contributed by atoms with Crippen molar-refractivity contribution < 1.29 is 14.3 Å². The van der Waals surface area contributed by atoms with Crippen molar-refractivity contribution in [2.24, 2.45) is 4.99 Å². The molecule has 6 heteroatoms. The number of carbonyl (C=O) groups is 1. The molecule has 0 aliphatic rings. The Balaban J connectivity index is 1.77. The molecule has 3 rings (SSSR count). The normalized spacial score (nSPS) is 10.8. The molecule has 1 amide bonds. The zero-order valence-electron chi connectivity index (χ0n) is 12.6. The number of aliphatic imine (C=N–C) groups is 1. The van der Waals surface area contributed by atoms with Gasteiger partial charge in [-0.15, -0.1) is 0 Å². The number of phenols is 1. The number of benzene rings is 2. The Morgan fingerprint density at radius 2 is 2.04 bits per heavy atom. The van der Waals surface area contributed by atoms with E-state index in [2.05, 4.69) is 10.3 Å². The fourth-order valence-corrected chi connectivity index (χ4v) is 2.08. The van der Waals surface area contributed by atoms with Gasteiger partial charge in [0.1, 0.15) is 5.75 Å². The molecule has 0 aliphatic heterocycles. The van der Waals surface area contributed by atoms with E-state index < -0.39 is 0 Å². The zero-order chi connectivity index (χ0) is 16.9. The summed E-state index contributed by atoms with van der Waals surface area (Å²) in [6.07, 6.45) is 2.95. The predicted octanol–water partition coefficient (Wildman–Crippen LogP) is 3.57. The highest BCUT2D eigenvalue weighted by Gasteiger charge is 2.08. The van der Waals surface area contributed by atoms with Crippen LogP contribution in [0.5, 0.6) is 5.75 Å². The molecule has 3 aromatic rings. The lowest BCUT2D eigenvalue weighted by Crippen LogP contribution is -2.10. The van der Waals surface area contributed by atoms with Crippen molar-refractivity contribution in [2.45, 2.75) is 0 Å². The van der Waals surface area contributed by atoms with Crippen molar-refractivity contribution in [3.63, 3.8) is 0 Å². The van der Waals surface area contributed by atoms with Gasteiger partial charge in [0.2, 0.25) is 0 Å². The van der Waals surface area contributed by atoms with Gasteiger partial charge < -0.3 is 20.6 Å². The lowest BCUT2D eigenvalue weighted by atomic mass is 10.2. The summed E-state index contributed by atoms with van der Waals surface area (Å²) in [4.78, 5) is 16.3. The fourth-order valence-electron chi connectivity index (χ4n) is 2.08. The summed E-state index contributed by atoms with van der Waals surface area (Å²) >= 11 is 0. The molecule has 4 N–H and O–H groups in total. The maximum atomic E-state index is 12.0. The highest BCUT2D eigenvalue weighted by Crippen LogP contribution is 2.21. The molecule has 0 saturated heterocycles. The largest absolute Gasteiger partial charge is 0.507 e. The third-order valence-corrected chi connectivity index (χ3v) is 3.25. The van der Waals surface area contributed by atoms with Crippen LogP contribution in [0.4, 0.5) is 17.1 Å². The molecule has 0 atom stereocenters. The number of anilines is 2. The number of rotatable bonds is 4. The van der Waals surface area contributed by atoms with Crippen LogP contribution >= 0.6 is 0 Å². The molecule has 120 valence electrons. The number of nitrogen functional groups attached to an aromatic ring is 1. The highest BCUT2D eigenvalue weighted by molar-refractivity contribution is 6.02. The average molecular weight is 321 g/mol. The summed E-state index contributed by atoms with van der Waals surface area (Å²) in [5.41, 5.74) is 7.95. The Bertz CT molecular complexity index is 886. The highest BCUT2D eigenvalue weighted by atomic mass is 16.3. The van der Waals surface area contributed by atoms with E-state index in [9.17, 15) is 9.90 Å². The summed E-state index contributed by atoms with van der Waals surface area (Å²) in [5, 5.41) is 12.5. The van der Waals surface area contributed by atoms with Gasteiger partial charge in [0.15, 0.2) is 5.76 Å². The minimum Gasteiger partial charge on any atom is -0.507 e. The summed E-state index contributed by atoms with van der Waals surface area (Å²) in [6.45, 7) is 0. The van der Waals surface area contributed by atoms with Crippen LogP contribution in [0.25, 0.3) is 0 Å². The first-order valence-electron chi connectivity index (χ1n) is 7.19. The van der Waals surface area contributed by atoms with E-state index in [1.807, 2.05) is 0 Å². The van der Waals surface area contributed by atoms with Crippen LogP contribution in [0, 0.1) is 0 Å². The molecule has 6 nitrogen and oxygen atoms in total. The average Bonchev–Trinajstić information content (AvgIpc) is 3.11. The van der Waals surface area contributed by atoms with E-state index in [0.29, 0.717) is 22.6 Å². The van der Waals surface area contributed by atoms with Gasteiger partial charge in [-0.25, -0.2) is 0 Å². The van der Waals surface area contributed by atoms with Crippen LogP contribution in [-0.4, -0.2) is 17.2 Å². The number of nitrogens with one attached hydrogen (secondary N) is 1. The Morgan fingerprint density at radius 3 is 2.83 bits per heavy atom. The van der Waals surface area contributed by atoms with E-state index in [4.69, 9.17) is 10.2 Å². The van der Waals surface area contributed by atoms with Crippen LogP contribution in [-0.2, 0) is 0 Å². The molecule has 0 radical (unpaired) electrons. The van der Waals surface area contributed by atoms with Crippen LogP contribution < -0.4 is 11.1 Å². The Kier molecular flexibility index (Phi) is 4.29. The molecule has 0 unspecified atom stereocenters. The van der Waals surface area contributed by atoms with E-state index in [1.54, 1.807) is 48.5 Å². The maximum absolute atomic E-state index is 12.0. The van der Waals surface area contributed by atoms with Gasteiger partial charge in [0.25, 0.3) is 5.91 Å². The molecule has 0 saturated carbocycles. The third kappa shape index (κ3) is 3.61. The monoisotopic (exact) mass is 321 g/mol. The molecule has 1 aromatic heterocycles. The molecule has 0 spiro atoms. The topological polar surface area (TPSA) is 101 Å². The molecular formula is C18H15N3O3. The van der Waals surface area contributed by atoms with Gasteiger partial charge in [-0.05, 0) is 48.5 Å². The number of hydrogen-bond donors (Lipinski definition) is 3. The summed E-state index contributed by atoms with van der Waals surface area (Å²) in [7, 11) is 0. The maximum Gasteiger partial charge on any atom is 0.291 e. The van der Waals surface area contributed by atoms with Crippen molar-refractivity contribution in [1.82, 2.24) is 0 Å². The molecule has 24 heavy (non-hydrogen) atoms. The number of aromatic hydroxyl groups is 1. The smallest absolute Gasteiger partial charge is 0.291 e. The number of furan rings is 1. The first-order valence-corrected chi connectivity index (χ1v) is 7.19. The van der Waals surface area contributed by atoms with E-state index in [-0.39, 0.29) is 17.4 Å². The Labute approximate surface area is 138 Å². The zero-order valence-corrected chi connectivity index (χ0v) is 12.6. The van der Waals surface area contributed by atoms with Crippen molar-refractivity contribution in [3.05, 3.63) is 72.2 Å². The van der Waals surface area contributed by atoms with Gasteiger partial charge >= 0.3 is 0 Å². The molecule has 2 aromatic carbocycles. The molecule has 0 fully saturated rings. The van der Waals surface area contributed by atoms with Crippen molar-refractivity contribution >= 4 is 29.2 Å². The molecule has 0 aliphatic carbocycles. The van der Waals surface area contributed by atoms with Crippen LogP contribution in [0.15, 0.2) is 70.3 Å². The van der Waals surface area contributed by atoms with Gasteiger partial charge in [0.05, 0.1) is 12.0 Å². The summed E-state index contributed by atoms with van der Waals surface area (Å²) in [6, 6.07) is 15.0. The molecule has 0 bridgehead atoms. The van der Waals surface area contributed by atoms with E-state index in [0.717, 1.165) is 0 Å². The first-order chi connectivity index (χ1) is 11.6. The SMILES string of the molecule is Nc1ccc(O)c(/C=N/c2cccc(NC(=O)c3ccco3)c2)c1. The second-order valence-corrected chi connectivity index (χ2v) is 5.06. The van der Waals surface area contributed by atoms with Crippen LogP contribution in [0.2, 0.25) is 0 Å². The summed E-state index contributed by atoms with van der Waals surface area (Å²) in [5.74, 6) is -0.0154. The second-order valence-electron chi connectivity index (χ2n) is 5.06. The lowest BCUT2D eigenvalue weighted by Gasteiger charge is -2.04. The van der Waals surface area contributed by atoms with Crippen LogP contribution in [0.3, 0.4) is 0 Å². The number of phenolic OH excluding ortho intramolecular Hbond substituents is 1. The number of nitrogens with two attached hydrogens (primary N) is 1. The van der Waals surface area contributed by atoms with Crippen molar-refractivity contribution in [2.75, 3.05) is 11.1 Å². The van der Waals surface area contributed by atoms with Gasteiger partial charge in [-0.3, -0.25) is 9.79 Å². The predicted molar refractivity (Wildman–Crippen MR) is 92.9 cm³/mol. The Hall–Kier alpha value is -3.54. The standard InChI is InChI=1S/C18H15N3O3/c19-13-6-7-16(22)12(9-13)11-20-14-3-1-4-15(10-14)21-18(23)17-5-2-8-24-17/h1-11,22H,19H2,(H,21,23)/b20-11+. The van der Waals surface area contributed by atoms with E-state index in [1.165, 1.54) is 18.5 Å². The fraction of sp³-hybridized carbons (Fsp3) is 0. The third-order valence-electron chi connectivity index (χ3n) is 3.25. The minimum atomic E-state index is -0.338. The lowest BCUT2D eigenvalue weighted by molar-refractivity contribution is 0.0996. The molecular weight excluding hydrogens is 306 g/mol. The number of nitrogens with zero attached hydrogens (tertiary/aromatic N) is 1. The van der Waals surface area contributed by atoms with Gasteiger partial charge in [-0.2, -0.15) is 0 Å². The number of amides is 1. The Morgan fingerprint density at radius 1 is 1.17 bits per heavy atom. The molecule has 1 heterocycles. The van der Waals surface area contributed by atoms with Crippen molar-refractivity contribution in [3.8, 4) is 5.75 Å². The van der Waals surface area contributed by atoms with Gasteiger partial charge in [0, 0.05) is 23.2 Å². The quantitative estimate of drug-likeness (QED) is 0.388.